The highest BCUT2D eigenvalue weighted by molar-refractivity contribution is 7.26. The van der Waals surface area contributed by atoms with Crippen LogP contribution in [0, 0.1) is 5.92 Å². The minimum absolute atomic E-state index is 0.0877. The molecule has 0 spiro atoms. The van der Waals surface area contributed by atoms with Crippen LogP contribution < -0.4 is 0 Å². The van der Waals surface area contributed by atoms with E-state index < -0.39 is 0 Å². The largest absolute Gasteiger partial charge is 0.456 e. The third-order valence-electron chi connectivity index (χ3n) is 12.8. The molecule has 1 aliphatic heterocycles. The van der Waals surface area contributed by atoms with Crippen molar-refractivity contribution in [2.45, 2.75) is 13.3 Å². The molecule has 0 saturated heterocycles. The molecule has 3 aromatic heterocycles. The van der Waals surface area contributed by atoms with Gasteiger partial charge in [0.1, 0.15) is 11.2 Å². The summed E-state index contributed by atoms with van der Waals surface area (Å²) >= 11 is 1.85. The number of aromatic nitrogens is 1. The van der Waals surface area contributed by atoms with Gasteiger partial charge in [-0.25, -0.2) is 9.98 Å². The zero-order valence-corrected chi connectivity index (χ0v) is 34.7. The van der Waals surface area contributed by atoms with Crippen molar-refractivity contribution in [3.8, 4) is 5.69 Å². The minimum atomic E-state index is 0.0877. The highest BCUT2D eigenvalue weighted by atomic mass is 32.1. The first-order valence-corrected chi connectivity index (χ1v) is 22.1. The number of benzene rings is 9. The van der Waals surface area contributed by atoms with Crippen molar-refractivity contribution in [3.63, 3.8) is 0 Å². The fraction of sp³-hybridized carbons (Fsp3) is 0.0526. The Labute approximate surface area is 361 Å². The van der Waals surface area contributed by atoms with E-state index >= 15 is 0 Å². The quantitative estimate of drug-likeness (QED) is 0.175. The molecular formula is C57H37N3OS. The second-order valence-corrected chi connectivity index (χ2v) is 17.6. The number of thiophene rings is 1. The van der Waals surface area contributed by atoms with E-state index in [2.05, 4.69) is 193 Å². The number of allylic oxidation sites excluding steroid dienone is 1. The molecule has 5 heteroatoms. The Morgan fingerprint density at radius 1 is 0.516 bits per heavy atom. The van der Waals surface area contributed by atoms with Gasteiger partial charge in [0.25, 0.3) is 0 Å². The predicted molar refractivity (Wildman–Crippen MR) is 264 cm³/mol. The molecular weight excluding hydrogens is 775 g/mol. The van der Waals surface area contributed by atoms with E-state index in [1.54, 1.807) is 0 Å². The number of para-hydroxylation sites is 2. The third kappa shape index (κ3) is 5.45. The van der Waals surface area contributed by atoms with Gasteiger partial charge in [0, 0.05) is 64.3 Å². The van der Waals surface area contributed by atoms with Crippen molar-refractivity contribution in [3.05, 3.63) is 205 Å². The van der Waals surface area contributed by atoms with Crippen LogP contribution in [-0.4, -0.2) is 16.1 Å². The van der Waals surface area contributed by atoms with Gasteiger partial charge in [-0.1, -0.05) is 146 Å². The SMILES string of the molecule is CC1C/C=C(c2cc3oc4ccccc4c3cc2-n2c3ccccc3c3cc4ccccc4cc32)/N=C(c2ccc3ccccc3c2)\N=C/1c1cccc2c1sc1ccccc12. The Balaban J connectivity index is 1.11. The van der Waals surface area contributed by atoms with E-state index in [0.29, 0.717) is 5.84 Å². The first-order valence-electron chi connectivity index (χ1n) is 21.3. The van der Waals surface area contributed by atoms with Gasteiger partial charge in [-0.05, 0) is 76.5 Å². The highest BCUT2D eigenvalue weighted by Crippen LogP contribution is 2.42. The summed E-state index contributed by atoms with van der Waals surface area (Å²) in [5.74, 6) is 0.773. The topological polar surface area (TPSA) is 42.8 Å². The summed E-state index contributed by atoms with van der Waals surface area (Å²) in [7, 11) is 0. The molecule has 13 rings (SSSR count). The van der Waals surface area contributed by atoms with Gasteiger partial charge >= 0.3 is 0 Å². The standard InChI is InChI=1S/C57H37N3OS/c1-34-25-28-48(58-57(39-27-26-35-13-2-3-14-36(35)29-39)59-55(34)44-21-12-20-43-42-19-8-11-24-54(42)62-56(43)44)47-33-53-46(41-18-7-10-23-52(41)61-53)32-51(47)60-49-22-9-6-17-40(49)45-30-37-15-4-5-16-38(37)31-50(45)60/h2-24,26-34H,25H2,1H3/b48-28+,58-57-,59-55+. The number of aliphatic imine (C=N–C) groups is 2. The lowest BCUT2D eigenvalue weighted by Gasteiger charge is -2.20. The van der Waals surface area contributed by atoms with E-state index in [1.165, 1.54) is 52.7 Å². The van der Waals surface area contributed by atoms with Crippen molar-refractivity contribution < 1.29 is 4.42 Å². The average molecular weight is 812 g/mol. The number of hydrogen-bond acceptors (Lipinski definition) is 4. The summed E-state index contributed by atoms with van der Waals surface area (Å²) in [6, 6.07) is 65.5. The molecule has 0 fully saturated rings. The molecule has 1 atom stereocenters. The summed E-state index contributed by atoms with van der Waals surface area (Å²) < 4.78 is 11.6. The minimum Gasteiger partial charge on any atom is -0.456 e. The van der Waals surface area contributed by atoms with Crippen LogP contribution >= 0.6 is 11.3 Å². The first kappa shape index (κ1) is 35.2. The first-order chi connectivity index (χ1) is 30.6. The Bertz CT molecular complexity index is 3930. The van der Waals surface area contributed by atoms with Crippen LogP contribution in [-0.2, 0) is 0 Å². The lowest BCUT2D eigenvalue weighted by Crippen LogP contribution is -2.17. The summed E-state index contributed by atoms with van der Waals surface area (Å²) in [4.78, 5) is 11.4. The number of fused-ring (bicyclic) bond motifs is 11. The molecule has 62 heavy (non-hydrogen) atoms. The number of nitrogens with zero attached hydrogens (tertiary/aromatic N) is 3. The fourth-order valence-electron chi connectivity index (χ4n) is 9.78. The summed E-state index contributed by atoms with van der Waals surface area (Å²) in [6.07, 6.45) is 3.08. The molecule has 9 aromatic carbocycles. The molecule has 12 aromatic rings. The maximum atomic E-state index is 6.65. The Morgan fingerprint density at radius 3 is 2.10 bits per heavy atom. The smallest absolute Gasteiger partial charge is 0.160 e. The van der Waals surface area contributed by atoms with Crippen molar-refractivity contribution >= 4 is 114 Å². The molecule has 0 radical (unpaired) electrons. The van der Waals surface area contributed by atoms with Crippen molar-refractivity contribution in [2.24, 2.45) is 15.9 Å². The number of hydrogen-bond donors (Lipinski definition) is 0. The molecule has 4 nitrogen and oxygen atoms in total. The Kier molecular flexibility index (Phi) is 7.78. The van der Waals surface area contributed by atoms with Crippen LogP contribution in [0.1, 0.15) is 30.0 Å². The maximum Gasteiger partial charge on any atom is 0.160 e. The van der Waals surface area contributed by atoms with Gasteiger partial charge in [-0.2, -0.15) is 0 Å². The van der Waals surface area contributed by atoms with Crippen LogP contribution in [0.4, 0.5) is 0 Å². The summed E-state index contributed by atoms with van der Waals surface area (Å²) in [5.41, 5.74) is 10.1. The molecule has 1 unspecified atom stereocenters. The molecule has 4 heterocycles. The number of rotatable bonds is 4. The Hall–Kier alpha value is -7.60. The molecule has 0 aliphatic carbocycles. The van der Waals surface area contributed by atoms with Crippen LogP contribution in [0.2, 0.25) is 0 Å². The number of furan rings is 1. The van der Waals surface area contributed by atoms with Crippen molar-refractivity contribution in [1.29, 1.82) is 0 Å². The summed E-state index contributed by atoms with van der Waals surface area (Å²) in [5, 5.41) is 11.9. The monoisotopic (exact) mass is 811 g/mol. The van der Waals surface area contributed by atoms with Crippen LogP contribution in [0.15, 0.2) is 202 Å². The average Bonchev–Trinajstić information content (AvgIpc) is 3.98. The van der Waals surface area contributed by atoms with Crippen LogP contribution in [0.25, 0.3) is 96.8 Å². The van der Waals surface area contributed by atoms with Crippen molar-refractivity contribution in [2.75, 3.05) is 0 Å². The third-order valence-corrected chi connectivity index (χ3v) is 14.0. The zero-order chi connectivity index (χ0) is 40.9. The van der Waals surface area contributed by atoms with E-state index in [1.807, 2.05) is 17.4 Å². The van der Waals surface area contributed by atoms with E-state index in [0.717, 1.165) is 73.0 Å². The summed E-state index contributed by atoms with van der Waals surface area (Å²) in [6.45, 7) is 2.31. The van der Waals surface area contributed by atoms with Gasteiger partial charge in [0.2, 0.25) is 0 Å². The van der Waals surface area contributed by atoms with E-state index in [4.69, 9.17) is 14.4 Å². The fourth-order valence-corrected chi connectivity index (χ4v) is 11.0. The molecule has 1 aliphatic rings. The number of amidine groups is 1. The van der Waals surface area contributed by atoms with E-state index in [-0.39, 0.29) is 5.92 Å². The van der Waals surface area contributed by atoms with Gasteiger partial charge in [0.05, 0.1) is 28.1 Å². The molecule has 0 bridgehead atoms. The van der Waals surface area contributed by atoms with Crippen molar-refractivity contribution in [1.82, 2.24) is 4.57 Å². The molecule has 292 valence electrons. The predicted octanol–water partition coefficient (Wildman–Crippen LogP) is 15.7. The van der Waals surface area contributed by atoms with Gasteiger partial charge < -0.3 is 8.98 Å². The normalized spacial score (nSPS) is 17.4. The second kappa shape index (κ2) is 13.7. The molecule has 0 N–H and O–H groups in total. The van der Waals surface area contributed by atoms with Gasteiger partial charge in [-0.15, -0.1) is 11.3 Å². The maximum absolute atomic E-state index is 6.65. The van der Waals surface area contributed by atoms with Crippen LogP contribution in [0.5, 0.6) is 0 Å². The lowest BCUT2D eigenvalue weighted by atomic mass is 9.92. The highest BCUT2D eigenvalue weighted by Gasteiger charge is 2.25. The zero-order valence-electron chi connectivity index (χ0n) is 33.8. The van der Waals surface area contributed by atoms with Gasteiger partial charge in [-0.3, -0.25) is 0 Å². The Morgan fingerprint density at radius 2 is 1.23 bits per heavy atom. The molecule has 0 saturated carbocycles. The molecule has 0 amide bonds. The second-order valence-electron chi connectivity index (χ2n) is 16.5. The van der Waals surface area contributed by atoms with Crippen LogP contribution in [0.3, 0.4) is 0 Å². The van der Waals surface area contributed by atoms with Gasteiger partial charge in [0.15, 0.2) is 5.84 Å². The van der Waals surface area contributed by atoms with E-state index in [9.17, 15) is 0 Å². The lowest BCUT2D eigenvalue weighted by molar-refractivity contribution is 0.668.